The molecule has 2 bridgehead atoms. The molecule has 0 spiro atoms. The first kappa shape index (κ1) is 6.74. The summed E-state index contributed by atoms with van der Waals surface area (Å²) < 4.78 is 5.88. The Bertz CT molecular complexity index is 303. The van der Waals surface area contributed by atoms with Crippen LogP contribution >= 0.6 is 0 Å². The lowest BCUT2D eigenvalue weighted by atomic mass is 9.90. The van der Waals surface area contributed by atoms with Gasteiger partial charge in [0.05, 0.1) is 12.2 Å². The lowest BCUT2D eigenvalue weighted by molar-refractivity contribution is 0.0000150. The Morgan fingerprint density at radius 2 is 2.42 bits per heavy atom. The van der Waals surface area contributed by atoms with Crippen molar-refractivity contribution in [3.05, 3.63) is 23.1 Å². The fourth-order valence-corrected chi connectivity index (χ4v) is 2.59. The van der Waals surface area contributed by atoms with Crippen LogP contribution in [0.3, 0.4) is 0 Å². The smallest absolute Gasteiger partial charge is 0.0872 e. The Kier molecular flexibility index (Phi) is 1.33. The summed E-state index contributed by atoms with van der Waals surface area (Å²) in [6.45, 7) is 0. The van der Waals surface area contributed by atoms with Crippen LogP contribution in [0.1, 0.15) is 25.7 Å². The van der Waals surface area contributed by atoms with Crippen molar-refractivity contribution >= 4 is 0 Å². The third-order valence-corrected chi connectivity index (χ3v) is 3.18. The Morgan fingerprint density at radius 1 is 1.42 bits per heavy atom. The van der Waals surface area contributed by atoms with Crippen LogP contribution in [0.5, 0.6) is 0 Å². The molecule has 0 saturated carbocycles. The quantitative estimate of drug-likeness (QED) is 0.493. The van der Waals surface area contributed by atoms with Gasteiger partial charge in [-0.15, -0.1) is 0 Å². The molecule has 3 aliphatic rings. The van der Waals surface area contributed by atoms with Crippen molar-refractivity contribution in [1.82, 2.24) is 0 Å². The number of rotatable bonds is 0. The minimum atomic E-state index is 0.398. The molecule has 0 aromatic rings. The predicted octanol–water partition coefficient (Wildman–Crippen LogP) is 2.19. The van der Waals surface area contributed by atoms with Crippen LogP contribution in [0.25, 0.3) is 0 Å². The molecule has 0 amide bonds. The summed E-state index contributed by atoms with van der Waals surface area (Å²) in [5, 5.41) is 0. The van der Waals surface area contributed by atoms with Crippen molar-refractivity contribution < 1.29 is 4.74 Å². The van der Waals surface area contributed by atoms with Gasteiger partial charge in [0, 0.05) is 11.5 Å². The Hall–Kier alpha value is -0.740. The normalized spacial score (nSPS) is 42.7. The largest absolute Gasteiger partial charge is 0.369 e. The van der Waals surface area contributed by atoms with Crippen LogP contribution in [0.15, 0.2) is 23.1 Å². The van der Waals surface area contributed by atoms with Gasteiger partial charge in [-0.3, -0.25) is 0 Å². The van der Waals surface area contributed by atoms with E-state index >= 15 is 0 Å². The number of ether oxygens (including phenoxy) is 1. The molecule has 1 aliphatic carbocycles. The summed E-state index contributed by atoms with van der Waals surface area (Å²) in [7, 11) is 0. The third-order valence-electron chi connectivity index (χ3n) is 3.18. The van der Waals surface area contributed by atoms with E-state index in [1.165, 1.54) is 24.8 Å². The van der Waals surface area contributed by atoms with Crippen molar-refractivity contribution in [3.8, 4) is 0 Å². The summed E-state index contributed by atoms with van der Waals surface area (Å²) in [6, 6.07) is 0. The molecule has 62 valence electrons. The molecule has 3 rings (SSSR count). The highest BCUT2D eigenvalue weighted by Gasteiger charge is 2.42. The highest BCUT2D eigenvalue weighted by Crippen LogP contribution is 2.42. The molecule has 1 heteroatoms. The zero-order chi connectivity index (χ0) is 7.97. The van der Waals surface area contributed by atoms with Gasteiger partial charge >= 0.3 is 0 Å². The Labute approximate surface area is 72.4 Å². The SMILES string of the molecule is C1=C=C2C3CCCC(O3)C2CC=1. The molecule has 2 aliphatic heterocycles. The second-order valence-corrected chi connectivity index (χ2v) is 3.87. The van der Waals surface area contributed by atoms with Gasteiger partial charge in [-0.05, 0) is 31.8 Å². The summed E-state index contributed by atoms with van der Waals surface area (Å²) in [6.07, 6.45) is 7.91. The molecule has 0 N–H and O–H groups in total. The van der Waals surface area contributed by atoms with Crippen LogP contribution in [0, 0.1) is 5.92 Å². The third kappa shape index (κ3) is 0.791. The Morgan fingerprint density at radius 3 is 3.42 bits per heavy atom. The molecule has 2 saturated heterocycles. The molecule has 2 heterocycles. The molecule has 1 nitrogen and oxygen atoms in total. The first-order valence-corrected chi connectivity index (χ1v) is 4.80. The van der Waals surface area contributed by atoms with Gasteiger partial charge in [-0.1, -0.05) is 11.5 Å². The van der Waals surface area contributed by atoms with Gasteiger partial charge in [0.25, 0.3) is 0 Å². The lowest BCUT2D eigenvalue weighted by Gasteiger charge is -2.20. The molecule has 0 aromatic heterocycles. The van der Waals surface area contributed by atoms with Gasteiger partial charge in [-0.2, -0.15) is 0 Å². The van der Waals surface area contributed by atoms with E-state index in [0.29, 0.717) is 18.1 Å². The van der Waals surface area contributed by atoms with Gasteiger partial charge in [0.1, 0.15) is 0 Å². The molecular formula is C11H12O. The van der Waals surface area contributed by atoms with E-state index in [-0.39, 0.29) is 0 Å². The topological polar surface area (TPSA) is 9.23 Å². The van der Waals surface area contributed by atoms with Crippen LogP contribution in [0.2, 0.25) is 0 Å². The number of allylic oxidation sites excluding steroid dienone is 1. The summed E-state index contributed by atoms with van der Waals surface area (Å²) >= 11 is 0. The minimum absolute atomic E-state index is 0.398. The highest BCUT2D eigenvalue weighted by molar-refractivity contribution is 5.23. The van der Waals surface area contributed by atoms with Crippen molar-refractivity contribution in [2.75, 3.05) is 0 Å². The van der Waals surface area contributed by atoms with Crippen LogP contribution in [-0.2, 0) is 4.74 Å². The second kappa shape index (κ2) is 2.37. The fourth-order valence-electron chi connectivity index (χ4n) is 2.59. The van der Waals surface area contributed by atoms with Crippen LogP contribution in [0.4, 0.5) is 0 Å². The van der Waals surface area contributed by atoms with Crippen LogP contribution in [-0.4, -0.2) is 12.2 Å². The molecule has 0 aromatic carbocycles. The molecule has 0 radical (unpaired) electrons. The first-order valence-electron chi connectivity index (χ1n) is 4.80. The maximum atomic E-state index is 5.88. The standard InChI is InChI=1S/C11H12O/c1-2-5-9-8(4-1)10-6-3-7-11(9)12-10/h1,8,10-11H,3-4,6-7H2. The maximum absolute atomic E-state index is 5.88. The summed E-state index contributed by atoms with van der Waals surface area (Å²) in [5.74, 6) is 0.652. The Balaban J connectivity index is 2.08. The number of hydrogen-bond acceptors (Lipinski definition) is 1. The molecular weight excluding hydrogens is 148 g/mol. The maximum Gasteiger partial charge on any atom is 0.0872 e. The van der Waals surface area contributed by atoms with E-state index in [2.05, 4.69) is 17.5 Å². The average molecular weight is 160 g/mol. The number of hydrogen-bond donors (Lipinski definition) is 0. The monoisotopic (exact) mass is 160 g/mol. The first-order chi connectivity index (χ1) is 5.95. The lowest BCUT2D eigenvalue weighted by Crippen LogP contribution is -2.19. The zero-order valence-electron chi connectivity index (χ0n) is 7.05. The predicted molar refractivity (Wildman–Crippen MR) is 45.7 cm³/mol. The van der Waals surface area contributed by atoms with Crippen LogP contribution < -0.4 is 0 Å². The second-order valence-electron chi connectivity index (χ2n) is 3.87. The minimum Gasteiger partial charge on any atom is -0.369 e. The number of fused-ring (bicyclic) bond motifs is 5. The van der Waals surface area contributed by atoms with Crippen molar-refractivity contribution in [2.24, 2.45) is 5.92 Å². The van der Waals surface area contributed by atoms with E-state index in [1.54, 1.807) is 0 Å². The fraction of sp³-hybridized carbons (Fsp3) is 0.636. The van der Waals surface area contributed by atoms with E-state index in [9.17, 15) is 0 Å². The van der Waals surface area contributed by atoms with Crippen molar-refractivity contribution in [1.29, 1.82) is 0 Å². The summed E-state index contributed by atoms with van der Waals surface area (Å²) in [4.78, 5) is 0. The highest BCUT2D eigenvalue weighted by atomic mass is 16.5. The van der Waals surface area contributed by atoms with E-state index in [1.807, 2.05) is 0 Å². The van der Waals surface area contributed by atoms with E-state index in [4.69, 9.17) is 4.74 Å². The molecule has 3 unspecified atom stereocenters. The zero-order valence-corrected chi connectivity index (χ0v) is 7.05. The van der Waals surface area contributed by atoms with Gasteiger partial charge in [0.2, 0.25) is 0 Å². The molecule has 12 heavy (non-hydrogen) atoms. The average Bonchev–Trinajstić information content (AvgIpc) is 2.41. The van der Waals surface area contributed by atoms with Gasteiger partial charge < -0.3 is 4.74 Å². The van der Waals surface area contributed by atoms with Crippen molar-refractivity contribution in [2.45, 2.75) is 37.9 Å². The van der Waals surface area contributed by atoms with Gasteiger partial charge in [-0.25, -0.2) is 0 Å². The van der Waals surface area contributed by atoms with E-state index in [0.717, 1.165) is 6.42 Å². The van der Waals surface area contributed by atoms with Gasteiger partial charge in [0.15, 0.2) is 0 Å². The molecule has 3 atom stereocenters. The van der Waals surface area contributed by atoms with Crippen molar-refractivity contribution in [3.63, 3.8) is 0 Å². The summed E-state index contributed by atoms with van der Waals surface area (Å²) in [5.41, 5.74) is 7.72. The molecule has 2 fully saturated rings. The van der Waals surface area contributed by atoms with E-state index < -0.39 is 0 Å².